The first kappa shape index (κ1) is 20.8. The Bertz CT molecular complexity index is 1230. The van der Waals surface area contributed by atoms with Crippen molar-refractivity contribution in [1.82, 2.24) is 35.3 Å². The summed E-state index contributed by atoms with van der Waals surface area (Å²) in [5, 5.41) is 16.3. The van der Waals surface area contributed by atoms with Gasteiger partial charge in [0, 0.05) is 42.5 Å². The Hall–Kier alpha value is -3.10. The molecule has 0 unspecified atom stereocenters. The number of likely N-dealkylation sites (tertiary alicyclic amines) is 1. The van der Waals surface area contributed by atoms with Gasteiger partial charge >= 0.3 is 0 Å². The zero-order valence-corrected chi connectivity index (χ0v) is 19.1. The van der Waals surface area contributed by atoms with Gasteiger partial charge in [-0.15, -0.1) is 0 Å². The first-order valence-electron chi connectivity index (χ1n) is 11.1. The van der Waals surface area contributed by atoms with E-state index in [2.05, 4.69) is 50.4 Å². The van der Waals surface area contributed by atoms with E-state index in [1.165, 1.54) is 0 Å². The number of methoxy groups -OCH3 is 1. The lowest BCUT2D eigenvalue weighted by atomic mass is 9.87. The number of aryl methyl sites for hydroxylation is 3. The van der Waals surface area contributed by atoms with Crippen molar-refractivity contribution in [3.8, 4) is 11.3 Å². The van der Waals surface area contributed by atoms with E-state index in [9.17, 15) is 0 Å². The molecule has 1 aliphatic heterocycles. The minimum atomic E-state index is -0.368. The van der Waals surface area contributed by atoms with Crippen molar-refractivity contribution in [2.75, 3.05) is 20.2 Å². The first-order chi connectivity index (χ1) is 15.5. The molecule has 1 saturated heterocycles. The fourth-order valence-electron chi connectivity index (χ4n) is 4.83. The second-order valence-electron chi connectivity index (χ2n) is 8.69. The minimum Gasteiger partial charge on any atom is -0.372 e. The van der Waals surface area contributed by atoms with Crippen LogP contribution in [0.5, 0.6) is 0 Å². The molecular formula is C24H29N7O. The maximum atomic E-state index is 6.08. The van der Waals surface area contributed by atoms with Crippen molar-refractivity contribution in [2.45, 2.75) is 45.8 Å². The molecule has 1 fully saturated rings. The molecule has 2 N–H and O–H groups in total. The van der Waals surface area contributed by atoms with Crippen LogP contribution in [0.4, 0.5) is 0 Å². The number of nitrogens with zero attached hydrogens (tertiary/aromatic N) is 5. The molecule has 0 atom stereocenters. The third-order valence-electron chi connectivity index (χ3n) is 6.71. The molecule has 0 radical (unpaired) electrons. The van der Waals surface area contributed by atoms with Gasteiger partial charge < -0.3 is 4.74 Å². The van der Waals surface area contributed by atoms with Gasteiger partial charge in [-0.05, 0) is 45.7 Å². The van der Waals surface area contributed by atoms with E-state index in [1.807, 2.05) is 26.0 Å². The molecule has 8 heteroatoms. The zero-order valence-electron chi connectivity index (χ0n) is 19.1. The molecule has 166 valence electrons. The smallest absolute Gasteiger partial charge is 0.143 e. The Morgan fingerprint density at radius 3 is 2.50 bits per heavy atom. The summed E-state index contributed by atoms with van der Waals surface area (Å²) in [6, 6.07) is 10.3. The predicted molar refractivity (Wildman–Crippen MR) is 123 cm³/mol. The maximum absolute atomic E-state index is 6.08. The van der Waals surface area contributed by atoms with Crippen LogP contribution in [0.2, 0.25) is 0 Å². The van der Waals surface area contributed by atoms with Gasteiger partial charge in [0.15, 0.2) is 0 Å². The monoisotopic (exact) mass is 431 g/mol. The largest absolute Gasteiger partial charge is 0.372 e. The van der Waals surface area contributed by atoms with Crippen molar-refractivity contribution in [3.63, 3.8) is 0 Å². The van der Waals surface area contributed by atoms with Gasteiger partial charge in [-0.25, -0.2) is 9.97 Å². The molecule has 0 amide bonds. The third-order valence-corrected chi connectivity index (χ3v) is 6.71. The van der Waals surface area contributed by atoms with Crippen LogP contribution in [-0.4, -0.2) is 55.5 Å². The molecule has 1 aliphatic rings. The summed E-state index contributed by atoms with van der Waals surface area (Å²) in [6.45, 7) is 8.62. The summed E-state index contributed by atoms with van der Waals surface area (Å²) in [7, 11) is 1.79. The molecule has 1 aromatic carbocycles. The van der Waals surface area contributed by atoms with E-state index in [0.717, 1.165) is 83.2 Å². The molecule has 0 aliphatic carbocycles. The SMILES string of the molecule is COC1(c2cc(-c3c(C)n[nH]c3C)n[nH]2)CCN(Cc2nc(C)c3ccccc3n2)CC1. The van der Waals surface area contributed by atoms with Crippen LogP contribution in [0.15, 0.2) is 30.3 Å². The van der Waals surface area contributed by atoms with Gasteiger partial charge in [0.2, 0.25) is 0 Å². The molecule has 8 nitrogen and oxygen atoms in total. The number of ether oxygens (including phenoxy) is 1. The molecule has 0 bridgehead atoms. The molecule has 4 aromatic rings. The summed E-state index contributed by atoms with van der Waals surface area (Å²) in [5.41, 5.74) is 6.62. The molecular weight excluding hydrogens is 402 g/mol. The van der Waals surface area contributed by atoms with E-state index in [1.54, 1.807) is 7.11 Å². The first-order valence-corrected chi connectivity index (χ1v) is 11.1. The van der Waals surface area contributed by atoms with Gasteiger partial charge in [0.25, 0.3) is 0 Å². The Balaban J connectivity index is 1.32. The van der Waals surface area contributed by atoms with Gasteiger partial charge in [0.1, 0.15) is 11.4 Å². The Kier molecular flexibility index (Phi) is 5.27. The number of nitrogens with one attached hydrogen (secondary N) is 2. The summed E-state index contributed by atoms with van der Waals surface area (Å²) in [5.74, 6) is 0.876. The van der Waals surface area contributed by atoms with E-state index in [4.69, 9.17) is 14.7 Å². The minimum absolute atomic E-state index is 0.368. The lowest BCUT2D eigenvalue weighted by molar-refractivity contribution is -0.0671. The third kappa shape index (κ3) is 3.59. The van der Waals surface area contributed by atoms with Crippen molar-refractivity contribution >= 4 is 10.9 Å². The number of piperidine rings is 1. The zero-order chi connectivity index (χ0) is 22.3. The van der Waals surface area contributed by atoms with Crippen LogP contribution in [0.1, 0.15) is 41.4 Å². The second-order valence-corrected chi connectivity index (χ2v) is 8.69. The Labute approximate surface area is 187 Å². The van der Waals surface area contributed by atoms with Crippen LogP contribution in [0.3, 0.4) is 0 Å². The topological polar surface area (TPSA) is 95.6 Å². The van der Waals surface area contributed by atoms with Crippen LogP contribution in [-0.2, 0) is 16.9 Å². The highest BCUT2D eigenvalue weighted by Crippen LogP contribution is 2.37. The standard InChI is InChI=1S/C24H29N7O/c1-15-18-7-5-6-8-19(18)26-22(25-15)14-31-11-9-24(32-4,10-12-31)21-13-20(29-30-21)23-16(2)27-28-17(23)3/h5-8,13H,9-12,14H2,1-4H3,(H,27,28)(H,29,30). The molecule has 3 aromatic heterocycles. The summed E-state index contributed by atoms with van der Waals surface area (Å²) < 4.78 is 6.08. The normalized spacial score (nSPS) is 16.6. The number of aromatic amines is 2. The number of fused-ring (bicyclic) bond motifs is 1. The van der Waals surface area contributed by atoms with Crippen molar-refractivity contribution in [2.24, 2.45) is 0 Å². The van der Waals surface area contributed by atoms with Gasteiger partial charge in [0.05, 0.1) is 29.1 Å². The van der Waals surface area contributed by atoms with E-state index in [0.29, 0.717) is 0 Å². The second kappa shape index (κ2) is 8.11. The predicted octanol–water partition coefficient (Wildman–Crippen LogP) is 3.81. The molecule has 32 heavy (non-hydrogen) atoms. The fraction of sp³-hybridized carbons (Fsp3) is 0.417. The Morgan fingerprint density at radius 1 is 1.00 bits per heavy atom. The highest BCUT2D eigenvalue weighted by atomic mass is 16.5. The number of benzene rings is 1. The molecule has 5 rings (SSSR count). The van der Waals surface area contributed by atoms with Gasteiger partial charge in [-0.2, -0.15) is 10.2 Å². The van der Waals surface area contributed by atoms with Crippen molar-refractivity contribution in [1.29, 1.82) is 0 Å². The maximum Gasteiger partial charge on any atom is 0.143 e. The van der Waals surface area contributed by atoms with Crippen LogP contribution >= 0.6 is 0 Å². The average Bonchev–Trinajstić information content (AvgIpc) is 3.41. The van der Waals surface area contributed by atoms with Crippen LogP contribution in [0.25, 0.3) is 22.2 Å². The van der Waals surface area contributed by atoms with Crippen molar-refractivity contribution < 1.29 is 4.74 Å². The number of hydrogen-bond acceptors (Lipinski definition) is 6. The van der Waals surface area contributed by atoms with E-state index in [-0.39, 0.29) is 5.60 Å². The number of hydrogen-bond donors (Lipinski definition) is 2. The number of rotatable bonds is 5. The highest BCUT2D eigenvalue weighted by Gasteiger charge is 2.38. The quantitative estimate of drug-likeness (QED) is 0.499. The van der Waals surface area contributed by atoms with Gasteiger partial charge in [-0.3, -0.25) is 15.1 Å². The van der Waals surface area contributed by atoms with Crippen LogP contribution in [0, 0.1) is 20.8 Å². The number of H-pyrrole nitrogens is 2. The number of aromatic nitrogens is 6. The summed E-state index contributed by atoms with van der Waals surface area (Å²) in [6.07, 6.45) is 1.75. The molecule has 0 spiro atoms. The molecule has 4 heterocycles. The Morgan fingerprint density at radius 2 is 1.78 bits per heavy atom. The summed E-state index contributed by atoms with van der Waals surface area (Å²) in [4.78, 5) is 11.9. The van der Waals surface area contributed by atoms with E-state index < -0.39 is 0 Å². The van der Waals surface area contributed by atoms with E-state index >= 15 is 0 Å². The van der Waals surface area contributed by atoms with Crippen LogP contribution < -0.4 is 0 Å². The lowest BCUT2D eigenvalue weighted by Gasteiger charge is -2.39. The number of para-hydroxylation sites is 1. The summed E-state index contributed by atoms with van der Waals surface area (Å²) >= 11 is 0. The lowest BCUT2D eigenvalue weighted by Crippen LogP contribution is -2.43. The highest BCUT2D eigenvalue weighted by molar-refractivity contribution is 5.80. The molecule has 0 saturated carbocycles. The van der Waals surface area contributed by atoms with Crippen molar-refractivity contribution in [3.05, 3.63) is 58.9 Å². The fourth-order valence-corrected chi connectivity index (χ4v) is 4.83. The average molecular weight is 432 g/mol. The van der Waals surface area contributed by atoms with Gasteiger partial charge in [-0.1, -0.05) is 18.2 Å².